The number of anilines is 1. The fraction of sp³-hybridized carbons (Fsp3) is 0.429. The van der Waals surface area contributed by atoms with Crippen molar-refractivity contribution >= 4 is 17.6 Å². The zero-order valence-corrected chi connectivity index (χ0v) is 11.4. The molecule has 1 amide bonds. The molecule has 0 bridgehead atoms. The van der Waals surface area contributed by atoms with E-state index in [1.807, 2.05) is 0 Å². The topological polar surface area (TPSA) is 89.8 Å². The van der Waals surface area contributed by atoms with E-state index in [1.165, 1.54) is 7.11 Å². The van der Waals surface area contributed by atoms with Gasteiger partial charge >= 0.3 is 5.97 Å². The molecule has 1 aliphatic heterocycles. The number of benzene rings is 1. The molecule has 1 saturated carbocycles. The number of rotatable bonds is 3. The second kappa shape index (κ2) is 4.83. The number of ether oxygens (including phenoxy) is 1. The molecule has 0 aromatic heterocycles. The van der Waals surface area contributed by atoms with Gasteiger partial charge in [-0.3, -0.25) is 14.9 Å². The molecule has 0 saturated heterocycles. The highest BCUT2D eigenvalue weighted by atomic mass is 16.6. The third-order valence-corrected chi connectivity index (χ3v) is 4.01. The van der Waals surface area contributed by atoms with Gasteiger partial charge in [0.25, 0.3) is 0 Å². The van der Waals surface area contributed by atoms with Gasteiger partial charge in [0.2, 0.25) is 11.9 Å². The van der Waals surface area contributed by atoms with Crippen LogP contribution in [0.2, 0.25) is 0 Å². The molecular formula is C14H14N2O5. The van der Waals surface area contributed by atoms with E-state index in [2.05, 4.69) is 4.74 Å². The van der Waals surface area contributed by atoms with Crippen molar-refractivity contribution in [3.63, 3.8) is 0 Å². The lowest BCUT2D eigenvalue weighted by Gasteiger charge is -2.16. The quantitative estimate of drug-likeness (QED) is 0.471. The lowest BCUT2D eigenvalue weighted by Crippen LogP contribution is -2.32. The zero-order chi connectivity index (χ0) is 15.1. The number of methoxy groups -OCH3 is 1. The molecule has 1 aliphatic carbocycles. The van der Waals surface area contributed by atoms with Gasteiger partial charge in [0.15, 0.2) is 0 Å². The molecular weight excluding hydrogens is 276 g/mol. The molecule has 1 aromatic rings. The van der Waals surface area contributed by atoms with Crippen LogP contribution in [0.25, 0.3) is 0 Å². The number of esters is 1. The van der Waals surface area contributed by atoms with Gasteiger partial charge in [-0.05, 0) is 30.2 Å². The summed E-state index contributed by atoms with van der Waals surface area (Å²) >= 11 is 0. The first-order valence-corrected chi connectivity index (χ1v) is 6.69. The maximum absolute atomic E-state index is 12.3. The van der Waals surface area contributed by atoms with Crippen LogP contribution in [0.4, 0.5) is 5.69 Å². The van der Waals surface area contributed by atoms with Crippen molar-refractivity contribution in [1.29, 1.82) is 0 Å². The maximum Gasteiger partial charge on any atom is 0.337 e. The van der Waals surface area contributed by atoms with Crippen LogP contribution in [0.15, 0.2) is 18.2 Å². The van der Waals surface area contributed by atoms with E-state index in [-0.39, 0.29) is 10.8 Å². The molecule has 7 heteroatoms. The van der Waals surface area contributed by atoms with Crippen LogP contribution >= 0.6 is 0 Å². The van der Waals surface area contributed by atoms with Crippen LogP contribution in [0.5, 0.6) is 0 Å². The van der Waals surface area contributed by atoms with Crippen LogP contribution in [0, 0.1) is 16.0 Å². The Hall–Kier alpha value is -2.44. The summed E-state index contributed by atoms with van der Waals surface area (Å²) in [6.07, 6.45) is 0.958. The number of hydrogen-bond acceptors (Lipinski definition) is 5. The van der Waals surface area contributed by atoms with E-state index in [0.29, 0.717) is 24.9 Å². The third-order valence-electron chi connectivity index (χ3n) is 4.01. The Morgan fingerprint density at radius 1 is 1.43 bits per heavy atom. The van der Waals surface area contributed by atoms with Crippen LogP contribution in [-0.4, -0.2) is 36.5 Å². The minimum absolute atomic E-state index is 0.193. The molecule has 2 atom stereocenters. The van der Waals surface area contributed by atoms with E-state index >= 15 is 0 Å². The van der Waals surface area contributed by atoms with Gasteiger partial charge in [-0.1, -0.05) is 0 Å². The maximum atomic E-state index is 12.3. The van der Waals surface area contributed by atoms with Gasteiger partial charge in [-0.25, -0.2) is 4.79 Å². The molecule has 3 rings (SSSR count). The monoisotopic (exact) mass is 290 g/mol. The summed E-state index contributed by atoms with van der Waals surface area (Å²) < 4.78 is 4.66. The van der Waals surface area contributed by atoms with Crippen LogP contribution in [-0.2, 0) is 16.0 Å². The highest BCUT2D eigenvalue weighted by Gasteiger charge is 2.55. The second-order valence-corrected chi connectivity index (χ2v) is 5.27. The summed E-state index contributed by atoms with van der Waals surface area (Å²) in [6.45, 7) is 0.500. The Labute approximate surface area is 120 Å². The number of fused-ring (bicyclic) bond motifs is 1. The summed E-state index contributed by atoms with van der Waals surface area (Å²) in [5.41, 5.74) is 2.08. The summed E-state index contributed by atoms with van der Waals surface area (Å²) in [5, 5.41) is 10.7. The minimum Gasteiger partial charge on any atom is -0.465 e. The van der Waals surface area contributed by atoms with Crippen molar-refractivity contribution in [2.45, 2.75) is 18.9 Å². The predicted molar refractivity (Wildman–Crippen MR) is 72.7 cm³/mol. The average Bonchev–Trinajstić information content (AvgIpc) is 3.18. The summed E-state index contributed by atoms with van der Waals surface area (Å²) in [6, 6.07) is 4.28. The number of carbonyl (C=O) groups is 2. The van der Waals surface area contributed by atoms with E-state index in [1.54, 1.807) is 23.1 Å². The van der Waals surface area contributed by atoms with Gasteiger partial charge in [-0.15, -0.1) is 0 Å². The Kier molecular flexibility index (Phi) is 3.12. The summed E-state index contributed by atoms with van der Waals surface area (Å²) in [7, 11) is 1.32. The molecule has 0 radical (unpaired) electrons. The standard InChI is InChI=1S/C14H14N2O5/c1-21-14(18)9-2-3-11-8(6-9)4-5-15(11)13(17)10-7-12(10)16(19)20/h2-3,6,10,12H,4-5,7H2,1H3. The molecule has 0 N–H and O–H groups in total. The molecule has 0 spiro atoms. The molecule has 1 heterocycles. The Balaban J connectivity index is 1.80. The Bertz CT molecular complexity index is 642. The van der Waals surface area contributed by atoms with Gasteiger partial charge in [0, 0.05) is 23.6 Å². The molecule has 2 unspecified atom stereocenters. The third kappa shape index (κ3) is 2.24. The van der Waals surface area contributed by atoms with Crippen molar-refractivity contribution in [2.24, 2.45) is 5.92 Å². The molecule has 1 aromatic carbocycles. The molecule has 2 aliphatic rings. The fourth-order valence-corrected chi connectivity index (χ4v) is 2.76. The van der Waals surface area contributed by atoms with Crippen molar-refractivity contribution in [3.8, 4) is 0 Å². The van der Waals surface area contributed by atoms with E-state index in [9.17, 15) is 19.7 Å². The Morgan fingerprint density at radius 3 is 2.81 bits per heavy atom. The number of nitrogens with zero attached hydrogens (tertiary/aromatic N) is 2. The molecule has 1 fully saturated rings. The summed E-state index contributed by atoms with van der Waals surface area (Å²) in [4.78, 5) is 35.6. The average molecular weight is 290 g/mol. The second-order valence-electron chi connectivity index (χ2n) is 5.27. The van der Waals surface area contributed by atoms with Crippen molar-refractivity contribution < 1.29 is 19.2 Å². The Morgan fingerprint density at radius 2 is 2.19 bits per heavy atom. The highest BCUT2D eigenvalue weighted by Crippen LogP contribution is 2.38. The fourth-order valence-electron chi connectivity index (χ4n) is 2.76. The molecule has 7 nitrogen and oxygen atoms in total. The predicted octanol–water partition coefficient (Wildman–Crippen LogP) is 1.03. The zero-order valence-electron chi connectivity index (χ0n) is 11.4. The first-order valence-electron chi connectivity index (χ1n) is 6.69. The van der Waals surface area contributed by atoms with Gasteiger partial charge in [0.1, 0.15) is 5.92 Å². The van der Waals surface area contributed by atoms with Crippen LogP contribution in [0.1, 0.15) is 22.3 Å². The molecule has 21 heavy (non-hydrogen) atoms. The first-order chi connectivity index (χ1) is 10.0. The minimum atomic E-state index is -0.740. The first kappa shape index (κ1) is 13.5. The van der Waals surface area contributed by atoms with Gasteiger partial charge < -0.3 is 9.64 Å². The lowest BCUT2D eigenvalue weighted by molar-refractivity contribution is -0.497. The van der Waals surface area contributed by atoms with Crippen molar-refractivity contribution in [2.75, 3.05) is 18.6 Å². The van der Waals surface area contributed by atoms with Gasteiger partial charge in [0.05, 0.1) is 12.7 Å². The normalized spacial score (nSPS) is 22.6. The SMILES string of the molecule is COC(=O)c1ccc2c(c1)CCN2C(=O)C1CC1[N+](=O)[O-]. The largest absolute Gasteiger partial charge is 0.465 e. The van der Waals surface area contributed by atoms with Crippen molar-refractivity contribution in [1.82, 2.24) is 0 Å². The van der Waals surface area contributed by atoms with E-state index in [0.717, 1.165) is 11.3 Å². The molecule has 110 valence electrons. The smallest absolute Gasteiger partial charge is 0.337 e. The van der Waals surface area contributed by atoms with E-state index in [4.69, 9.17) is 0 Å². The van der Waals surface area contributed by atoms with Gasteiger partial charge in [-0.2, -0.15) is 0 Å². The van der Waals surface area contributed by atoms with E-state index < -0.39 is 17.9 Å². The summed E-state index contributed by atoms with van der Waals surface area (Å²) in [5.74, 6) is -1.12. The number of hydrogen-bond donors (Lipinski definition) is 0. The lowest BCUT2D eigenvalue weighted by atomic mass is 10.1. The van der Waals surface area contributed by atoms with Crippen LogP contribution in [0.3, 0.4) is 0 Å². The number of carbonyl (C=O) groups excluding carboxylic acids is 2. The van der Waals surface area contributed by atoms with Crippen molar-refractivity contribution in [3.05, 3.63) is 39.4 Å². The highest BCUT2D eigenvalue weighted by molar-refractivity contribution is 5.99. The van der Waals surface area contributed by atoms with Crippen LogP contribution < -0.4 is 4.90 Å². The number of nitro groups is 1. The number of amides is 1.